The van der Waals surface area contributed by atoms with Gasteiger partial charge in [-0.1, -0.05) is 19.1 Å². The predicted octanol–water partition coefficient (Wildman–Crippen LogP) is 3.79. The molecule has 0 amide bonds. The van der Waals surface area contributed by atoms with Gasteiger partial charge in [0.1, 0.15) is 11.6 Å². The van der Waals surface area contributed by atoms with Crippen LogP contribution in [0.25, 0.3) is 0 Å². The van der Waals surface area contributed by atoms with Gasteiger partial charge < -0.3 is 0 Å². The number of aryl methyl sites for hydroxylation is 2. The molecule has 2 rings (SSSR count). The normalized spacial score (nSPS) is 10.9. The van der Waals surface area contributed by atoms with Crippen LogP contribution in [-0.4, -0.2) is 21.3 Å². The fourth-order valence-corrected chi connectivity index (χ4v) is 3.53. The van der Waals surface area contributed by atoms with Gasteiger partial charge in [-0.15, -0.1) is 11.8 Å². The summed E-state index contributed by atoms with van der Waals surface area (Å²) in [6, 6.07) is 6.49. The summed E-state index contributed by atoms with van der Waals surface area (Å²) < 4.78 is 16.1. The fourth-order valence-electron chi connectivity index (χ4n) is 1.97. The maximum absolute atomic E-state index is 13.5. The van der Waals surface area contributed by atoms with Gasteiger partial charge in [0.15, 0.2) is 0 Å². The number of nitrogens with zero attached hydrogens (tertiary/aromatic N) is 2. The molecule has 0 saturated carbocycles. The molecule has 0 radical (unpaired) electrons. The van der Waals surface area contributed by atoms with Gasteiger partial charge in [-0.25, -0.2) is 4.39 Å². The maximum Gasteiger partial charge on any atom is 0.149 e. The van der Waals surface area contributed by atoms with E-state index < -0.39 is 0 Å². The molecule has 1 heterocycles. The first-order valence-corrected chi connectivity index (χ1v) is 8.40. The van der Waals surface area contributed by atoms with Gasteiger partial charge in [0, 0.05) is 11.9 Å². The molecule has 0 aliphatic heterocycles. The Morgan fingerprint density at radius 3 is 2.76 bits per heavy atom. The van der Waals surface area contributed by atoms with E-state index >= 15 is 0 Å². The van der Waals surface area contributed by atoms with Crippen LogP contribution in [0.4, 0.5) is 4.39 Å². The zero-order valence-electron chi connectivity index (χ0n) is 11.9. The van der Waals surface area contributed by atoms with E-state index in [9.17, 15) is 9.18 Å². The number of halogens is 2. The first-order chi connectivity index (χ1) is 10.0. The minimum atomic E-state index is -0.287. The molecule has 0 atom stereocenters. The van der Waals surface area contributed by atoms with Crippen LogP contribution in [0.1, 0.15) is 18.3 Å². The van der Waals surface area contributed by atoms with Crippen molar-refractivity contribution in [2.45, 2.75) is 24.7 Å². The van der Waals surface area contributed by atoms with Crippen LogP contribution in [0.15, 0.2) is 33.6 Å². The Kier molecular flexibility index (Phi) is 5.58. The van der Waals surface area contributed by atoms with E-state index in [1.807, 2.05) is 14.0 Å². The zero-order valence-corrected chi connectivity index (χ0v) is 14.3. The number of benzene rings is 1. The average Bonchev–Trinajstić information content (AvgIpc) is 2.74. The van der Waals surface area contributed by atoms with E-state index in [1.165, 1.54) is 17.8 Å². The van der Waals surface area contributed by atoms with Gasteiger partial charge in [-0.3, -0.25) is 9.48 Å². The number of hydrogen-bond donors (Lipinski definition) is 0. The number of carbonyl (C=O) groups excluding carboxylic acids is 1. The summed E-state index contributed by atoms with van der Waals surface area (Å²) in [7, 11) is 1.83. The summed E-state index contributed by atoms with van der Waals surface area (Å²) >= 11 is 4.73. The third kappa shape index (κ3) is 3.95. The lowest BCUT2D eigenvalue weighted by atomic mass is 10.2. The van der Waals surface area contributed by atoms with Crippen molar-refractivity contribution in [1.29, 1.82) is 0 Å². The Bertz CT molecular complexity index is 657. The topological polar surface area (TPSA) is 34.9 Å². The number of Topliss-reactive ketones (excluding diaryl/α,β-unsaturated/α-hetero) is 1. The highest BCUT2D eigenvalue weighted by Gasteiger charge is 2.16. The van der Waals surface area contributed by atoms with Crippen LogP contribution in [-0.2, 0) is 24.7 Å². The number of carbonyl (C=O) groups is 1. The molecule has 6 heteroatoms. The number of aromatic nitrogens is 2. The molecule has 0 spiro atoms. The Hall–Kier alpha value is -1.14. The Morgan fingerprint density at radius 1 is 1.43 bits per heavy atom. The third-order valence-corrected chi connectivity index (χ3v) is 5.12. The standard InChI is InChI=1S/C15H16BrFN2OS/c1-3-12-15(16)13(19(2)18-12)8-10(20)9-21-14-7-5-4-6-11(14)17/h4-7H,3,8-9H2,1-2H3. The average molecular weight is 371 g/mol. The molecular formula is C15H16BrFN2OS. The molecule has 2 aromatic rings. The highest BCUT2D eigenvalue weighted by Crippen LogP contribution is 2.24. The van der Waals surface area contributed by atoms with Crippen LogP contribution in [0, 0.1) is 5.82 Å². The summed E-state index contributed by atoms with van der Waals surface area (Å²) in [4.78, 5) is 12.6. The molecule has 0 saturated heterocycles. The molecule has 0 N–H and O–H groups in total. The lowest BCUT2D eigenvalue weighted by Crippen LogP contribution is -2.10. The Morgan fingerprint density at radius 2 is 2.14 bits per heavy atom. The van der Waals surface area contributed by atoms with E-state index in [2.05, 4.69) is 21.0 Å². The highest BCUT2D eigenvalue weighted by molar-refractivity contribution is 9.10. The van der Waals surface area contributed by atoms with Crippen molar-refractivity contribution in [1.82, 2.24) is 9.78 Å². The SMILES string of the molecule is CCc1nn(C)c(CC(=O)CSc2ccccc2F)c1Br. The van der Waals surface area contributed by atoms with E-state index in [-0.39, 0.29) is 17.4 Å². The van der Waals surface area contributed by atoms with Gasteiger partial charge in [-0.05, 0) is 34.5 Å². The molecule has 21 heavy (non-hydrogen) atoms. The van der Waals surface area contributed by atoms with Crippen molar-refractivity contribution in [3.8, 4) is 0 Å². The first kappa shape index (κ1) is 16.2. The summed E-state index contributed by atoms with van der Waals surface area (Å²) in [6.45, 7) is 2.02. The predicted molar refractivity (Wildman–Crippen MR) is 86.1 cm³/mol. The molecule has 1 aromatic heterocycles. The second-order valence-corrected chi connectivity index (χ2v) is 6.43. The summed E-state index contributed by atoms with van der Waals surface area (Å²) in [5, 5.41) is 4.36. The van der Waals surface area contributed by atoms with Gasteiger partial charge >= 0.3 is 0 Å². The monoisotopic (exact) mass is 370 g/mol. The molecular weight excluding hydrogens is 355 g/mol. The second kappa shape index (κ2) is 7.22. The smallest absolute Gasteiger partial charge is 0.149 e. The summed E-state index contributed by atoms with van der Waals surface area (Å²) in [5.74, 6) is 0.0138. The van der Waals surface area contributed by atoms with E-state index in [4.69, 9.17) is 0 Å². The number of rotatable bonds is 6. The Balaban J connectivity index is 2.00. The quantitative estimate of drug-likeness (QED) is 0.725. The van der Waals surface area contributed by atoms with Crippen LogP contribution < -0.4 is 0 Å². The van der Waals surface area contributed by atoms with E-state index in [1.54, 1.807) is 22.9 Å². The molecule has 0 aliphatic carbocycles. The lowest BCUT2D eigenvalue weighted by molar-refractivity contribution is -0.116. The minimum Gasteiger partial charge on any atom is -0.298 e. The maximum atomic E-state index is 13.5. The van der Waals surface area contributed by atoms with Crippen molar-refractivity contribution < 1.29 is 9.18 Å². The highest BCUT2D eigenvalue weighted by atomic mass is 79.9. The van der Waals surface area contributed by atoms with Gasteiger partial charge in [0.05, 0.1) is 28.0 Å². The van der Waals surface area contributed by atoms with Crippen molar-refractivity contribution in [3.05, 3.63) is 45.9 Å². The van der Waals surface area contributed by atoms with Crippen molar-refractivity contribution >= 4 is 33.5 Å². The van der Waals surface area contributed by atoms with Crippen LogP contribution in [0.5, 0.6) is 0 Å². The van der Waals surface area contributed by atoms with Crippen LogP contribution >= 0.6 is 27.7 Å². The molecule has 3 nitrogen and oxygen atoms in total. The van der Waals surface area contributed by atoms with Gasteiger partial charge in [0.2, 0.25) is 0 Å². The van der Waals surface area contributed by atoms with Crippen molar-refractivity contribution in [3.63, 3.8) is 0 Å². The molecule has 0 unspecified atom stereocenters. The molecule has 1 aromatic carbocycles. The minimum absolute atomic E-state index is 0.0506. The molecule has 0 bridgehead atoms. The lowest BCUT2D eigenvalue weighted by Gasteiger charge is -2.04. The number of ketones is 1. The first-order valence-electron chi connectivity index (χ1n) is 6.62. The fraction of sp³-hybridized carbons (Fsp3) is 0.333. The molecule has 0 fully saturated rings. The second-order valence-electron chi connectivity index (χ2n) is 4.62. The van der Waals surface area contributed by atoms with Crippen LogP contribution in [0.3, 0.4) is 0 Å². The molecule has 0 aliphatic rings. The zero-order chi connectivity index (χ0) is 15.4. The van der Waals surface area contributed by atoms with Gasteiger partial charge in [-0.2, -0.15) is 5.10 Å². The number of hydrogen-bond acceptors (Lipinski definition) is 3. The summed E-state index contributed by atoms with van der Waals surface area (Å²) in [5.41, 5.74) is 1.81. The summed E-state index contributed by atoms with van der Waals surface area (Å²) in [6.07, 6.45) is 1.11. The van der Waals surface area contributed by atoms with Crippen molar-refractivity contribution in [2.75, 3.05) is 5.75 Å². The van der Waals surface area contributed by atoms with Crippen molar-refractivity contribution in [2.24, 2.45) is 7.05 Å². The molecule has 112 valence electrons. The third-order valence-electron chi connectivity index (χ3n) is 3.09. The van der Waals surface area contributed by atoms with Gasteiger partial charge in [0.25, 0.3) is 0 Å². The Labute approximate surface area is 136 Å². The van der Waals surface area contributed by atoms with E-state index in [0.717, 1.165) is 22.3 Å². The largest absolute Gasteiger partial charge is 0.298 e. The van der Waals surface area contributed by atoms with E-state index in [0.29, 0.717) is 11.3 Å². The number of thioether (sulfide) groups is 1. The van der Waals surface area contributed by atoms with Crippen LogP contribution in [0.2, 0.25) is 0 Å².